The van der Waals surface area contributed by atoms with Gasteiger partial charge in [-0.1, -0.05) is 12.1 Å². The molecule has 24 heavy (non-hydrogen) atoms. The van der Waals surface area contributed by atoms with Gasteiger partial charge in [0.1, 0.15) is 5.82 Å². The molecule has 1 aromatic heterocycles. The number of rotatable bonds is 3. The van der Waals surface area contributed by atoms with Gasteiger partial charge in [-0.3, -0.25) is 9.69 Å². The molecule has 5 heteroatoms. The lowest BCUT2D eigenvalue weighted by Gasteiger charge is -2.18. The molecule has 2 N–H and O–H groups in total. The number of nitrogens with one attached hydrogen (secondary N) is 2. The Morgan fingerprint density at radius 1 is 1.21 bits per heavy atom. The summed E-state index contributed by atoms with van der Waals surface area (Å²) in [6.45, 7) is 0.989. The Bertz CT molecular complexity index is 835. The van der Waals surface area contributed by atoms with Gasteiger partial charge in [-0.25, -0.2) is 4.98 Å². The number of para-hydroxylation sites is 2. The first-order chi connectivity index (χ1) is 11.7. The fraction of sp³-hybridized carbons (Fsp3) is 0.263. The van der Waals surface area contributed by atoms with E-state index in [1.54, 1.807) is 0 Å². The Labute approximate surface area is 140 Å². The summed E-state index contributed by atoms with van der Waals surface area (Å²) in [6, 6.07) is 15.8. The fourth-order valence-electron chi connectivity index (χ4n) is 3.27. The monoisotopic (exact) mass is 320 g/mol. The number of H-pyrrole nitrogens is 1. The third-order valence-electron chi connectivity index (χ3n) is 4.64. The standard InChI is InChI=1S/C19H20N4O/c1-23-12-4-7-17(23)19(24)20-14-10-8-13(9-11-14)18-21-15-5-2-3-6-16(15)22-18/h2-3,5-6,8-11,17H,4,7,12H2,1H3,(H,20,24)(H,21,22). The molecule has 1 unspecified atom stereocenters. The second-order valence-electron chi connectivity index (χ2n) is 6.31. The number of hydrogen-bond acceptors (Lipinski definition) is 3. The number of carbonyl (C=O) groups excluding carboxylic acids is 1. The van der Waals surface area contributed by atoms with Crippen molar-refractivity contribution in [3.63, 3.8) is 0 Å². The number of carbonyl (C=O) groups is 1. The molecule has 1 fully saturated rings. The number of nitrogens with zero attached hydrogens (tertiary/aromatic N) is 2. The van der Waals surface area contributed by atoms with Crippen molar-refractivity contribution in [3.8, 4) is 11.4 Å². The highest BCUT2D eigenvalue weighted by Crippen LogP contribution is 2.23. The maximum Gasteiger partial charge on any atom is 0.241 e. The van der Waals surface area contributed by atoms with E-state index in [2.05, 4.69) is 20.2 Å². The minimum atomic E-state index is -0.0138. The molecule has 4 rings (SSSR count). The molecule has 1 saturated heterocycles. The molecule has 0 bridgehead atoms. The summed E-state index contributed by atoms with van der Waals surface area (Å²) in [5.74, 6) is 0.913. The summed E-state index contributed by atoms with van der Waals surface area (Å²) >= 11 is 0. The zero-order valence-electron chi connectivity index (χ0n) is 13.6. The minimum Gasteiger partial charge on any atom is -0.338 e. The van der Waals surface area contributed by atoms with Crippen molar-refractivity contribution in [2.75, 3.05) is 18.9 Å². The van der Waals surface area contributed by atoms with E-state index in [0.717, 1.165) is 47.5 Å². The summed E-state index contributed by atoms with van der Waals surface area (Å²) in [5, 5.41) is 3.01. The summed E-state index contributed by atoms with van der Waals surface area (Å²) in [4.78, 5) is 22.3. The fourth-order valence-corrected chi connectivity index (χ4v) is 3.27. The number of likely N-dealkylation sites (N-methyl/N-ethyl adjacent to an activating group) is 1. The molecule has 1 amide bonds. The van der Waals surface area contributed by atoms with Crippen molar-refractivity contribution >= 4 is 22.6 Å². The van der Waals surface area contributed by atoms with Crippen LogP contribution >= 0.6 is 0 Å². The Kier molecular flexibility index (Phi) is 3.78. The van der Waals surface area contributed by atoms with Gasteiger partial charge < -0.3 is 10.3 Å². The summed E-state index contributed by atoms with van der Waals surface area (Å²) in [6.07, 6.45) is 2.01. The van der Waals surface area contributed by atoms with Crippen molar-refractivity contribution in [1.29, 1.82) is 0 Å². The van der Waals surface area contributed by atoms with Crippen LogP contribution in [0.15, 0.2) is 48.5 Å². The highest BCUT2D eigenvalue weighted by Gasteiger charge is 2.27. The van der Waals surface area contributed by atoms with Gasteiger partial charge in [0.05, 0.1) is 17.1 Å². The van der Waals surface area contributed by atoms with Crippen molar-refractivity contribution in [2.24, 2.45) is 0 Å². The number of benzene rings is 2. The lowest BCUT2D eigenvalue weighted by atomic mass is 10.1. The maximum absolute atomic E-state index is 12.3. The van der Waals surface area contributed by atoms with Gasteiger partial charge >= 0.3 is 0 Å². The molecule has 2 heterocycles. The molecule has 1 aliphatic rings. The molecular weight excluding hydrogens is 300 g/mol. The normalized spacial score (nSPS) is 18.1. The molecule has 122 valence electrons. The van der Waals surface area contributed by atoms with E-state index in [1.165, 1.54) is 0 Å². The quantitative estimate of drug-likeness (QED) is 0.778. The van der Waals surface area contributed by atoms with Crippen LogP contribution in [0.25, 0.3) is 22.4 Å². The molecule has 0 radical (unpaired) electrons. The van der Waals surface area contributed by atoms with Crippen LogP contribution in [0.2, 0.25) is 0 Å². The first-order valence-corrected chi connectivity index (χ1v) is 8.27. The number of likely N-dealkylation sites (tertiary alicyclic amines) is 1. The van der Waals surface area contributed by atoms with E-state index in [-0.39, 0.29) is 11.9 Å². The van der Waals surface area contributed by atoms with Crippen LogP contribution in [0.4, 0.5) is 5.69 Å². The average Bonchev–Trinajstić information content (AvgIpc) is 3.21. The van der Waals surface area contributed by atoms with Gasteiger partial charge in [-0.15, -0.1) is 0 Å². The Balaban J connectivity index is 1.51. The van der Waals surface area contributed by atoms with Crippen molar-refractivity contribution in [2.45, 2.75) is 18.9 Å². The predicted molar refractivity (Wildman–Crippen MR) is 95.8 cm³/mol. The van der Waals surface area contributed by atoms with Crippen LogP contribution in [-0.2, 0) is 4.79 Å². The first kappa shape index (κ1) is 14.9. The Morgan fingerprint density at radius 3 is 2.71 bits per heavy atom. The number of aromatic nitrogens is 2. The summed E-state index contributed by atoms with van der Waals surface area (Å²) in [7, 11) is 2.00. The van der Waals surface area contributed by atoms with Gasteiger partial charge in [-0.2, -0.15) is 0 Å². The van der Waals surface area contributed by atoms with E-state index in [4.69, 9.17) is 0 Å². The Morgan fingerprint density at radius 2 is 2.00 bits per heavy atom. The zero-order valence-corrected chi connectivity index (χ0v) is 13.6. The van der Waals surface area contributed by atoms with E-state index < -0.39 is 0 Å². The molecule has 0 aliphatic carbocycles. The van der Waals surface area contributed by atoms with Crippen LogP contribution < -0.4 is 5.32 Å². The molecule has 1 atom stereocenters. The summed E-state index contributed by atoms with van der Waals surface area (Å²) in [5.41, 5.74) is 3.80. The number of hydrogen-bond donors (Lipinski definition) is 2. The lowest BCUT2D eigenvalue weighted by molar-refractivity contribution is -0.119. The van der Waals surface area contributed by atoms with Crippen LogP contribution in [-0.4, -0.2) is 40.4 Å². The van der Waals surface area contributed by atoms with E-state index >= 15 is 0 Å². The van der Waals surface area contributed by atoms with E-state index in [1.807, 2.05) is 55.6 Å². The van der Waals surface area contributed by atoms with Crippen molar-refractivity contribution in [3.05, 3.63) is 48.5 Å². The highest BCUT2D eigenvalue weighted by molar-refractivity contribution is 5.95. The van der Waals surface area contributed by atoms with Gasteiger partial charge in [-0.05, 0) is 62.8 Å². The third kappa shape index (κ3) is 2.78. The van der Waals surface area contributed by atoms with Gasteiger partial charge in [0.2, 0.25) is 5.91 Å². The molecule has 5 nitrogen and oxygen atoms in total. The zero-order chi connectivity index (χ0) is 16.5. The SMILES string of the molecule is CN1CCCC1C(=O)Nc1ccc(-c2nc3ccccc3[nH]2)cc1. The van der Waals surface area contributed by atoms with Crippen LogP contribution in [0.5, 0.6) is 0 Å². The smallest absolute Gasteiger partial charge is 0.241 e. The van der Waals surface area contributed by atoms with Crippen molar-refractivity contribution in [1.82, 2.24) is 14.9 Å². The average molecular weight is 320 g/mol. The van der Waals surface area contributed by atoms with Crippen LogP contribution in [0, 0.1) is 0 Å². The molecule has 2 aromatic carbocycles. The molecule has 0 spiro atoms. The van der Waals surface area contributed by atoms with Gasteiger partial charge in [0, 0.05) is 11.3 Å². The van der Waals surface area contributed by atoms with E-state index in [0.29, 0.717) is 0 Å². The van der Waals surface area contributed by atoms with Crippen LogP contribution in [0.3, 0.4) is 0 Å². The third-order valence-corrected chi connectivity index (χ3v) is 4.64. The Hall–Kier alpha value is -2.66. The molecule has 1 aliphatic heterocycles. The number of anilines is 1. The minimum absolute atomic E-state index is 0.0138. The number of amides is 1. The number of imidazole rings is 1. The van der Waals surface area contributed by atoms with Gasteiger partial charge in [0.25, 0.3) is 0 Å². The van der Waals surface area contributed by atoms with E-state index in [9.17, 15) is 4.79 Å². The van der Waals surface area contributed by atoms with Crippen molar-refractivity contribution < 1.29 is 4.79 Å². The van der Waals surface area contributed by atoms with Crippen LogP contribution in [0.1, 0.15) is 12.8 Å². The number of fused-ring (bicyclic) bond motifs is 1. The maximum atomic E-state index is 12.3. The van der Waals surface area contributed by atoms with Gasteiger partial charge in [0.15, 0.2) is 0 Å². The molecule has 3 aromatic rings. The largest absolute Gasteiger partial charge is 0.338 e. The number of aromatic amines is 1. The topological polar surface area (TPSA) is 61.0 Å². The first-order valence-electron chi connectivity index (χ1n) is 8.27. The summed E-state index contributed by atoms with van der Waals surface area (Å²) < 4.78 is 0. The second-order valence-corrected chi connectivity index (χ2v) is 6.31. The predicted octanol–water partition coefficient (Wildman–Crippen LogP) is 3.26. The molecule has 0 saturated carbocycles. The highest BCUT2D eigenvalue weighted by atomic mass is 16.2. The second kappa shape index (κ2) is 6.09. The molecular formula is C19H20N4O. The lowest BCUT2D eigenvalue weighted by Crippen LogP contribution is -2.37.